The highest BCUT2D eigenvalue weighted by molar-refractivity contribution is 7.86. The summed E-state index contributed by atoms with van der Waals surface area (Å²) in [5, 5.41) is 8.53. The second-order valence-corrected chi connectivity index (χ2v) is 5.59. The zero-order valence-electron chi connectivity index (χ0n) is 10.5. The fourth-order valence-electron chi connectivity index (χ4n) is 1.50. The summed E-state index contributed by atoms with van der Waals surface area (Å²) in [6.07, 6.45) is 0.221. The van der Waals surface area contributed by atoms with Crippen molar-refractivity contribution in [3.63, 3.8) is 0 Å². The number of rotatable bonds is 7. The maximum Gasteiger partial charge on any atom is 0.282 e. The number of hydrogen-bond donors (Lipinski definition) is 0. The van der Waals surface area contributed by atoms with Crippen molar-refractivity contribution in [2.24, 2.45) is 0 Å². The highest BCUT2D eigenvalue weighted by Crippen LogP contribution is 2.12. The first kappa shape index (κ1) is 15.4. The van der Waals surface area contributed by atoms with Crippen LogP contribution in [0.3, 0.4) is 0 Å². The molecular formula is C10H21N3O2S. The molecule has 0 aliphatic rings. The second-order valence-electron chi connectivity index (χ2n) is 3.70. The summed E-state index contributed by atoms with van der Waals surface area (Å²) in [6, 6.07) is 1.85. The van der Waals surface area contributed by atoms with E-state index in [-0.39, 0.29) is 19.0 Å². The van der Waals surface area contributed by atoms with Crippen molar-refractivity contribution in [1.29, 1.82) is 5.26 Å². The van der Waals surface area contributed by atoms with Gasteiger partial charge in [0.25, 0.3) is 10.2 Å². The lowest BCUT2D eigenvalue weighted by Crippen LogP contribution is -2.47. The molecule has 0 saturated heterocycles. The van der Waals surface area contributed by atoms with Crippen molar-refractivity contribution in [1.82, 2.24) is 8.61 Å². The topological polar surface area (TPSA) is 64.4 Å². The van der Waals surface area contributed by atoms with Gasteiger partial charge in [-0.1, -0.05) is 13.8 Å². The highest BCUT2D eigenvalue weighted by Gasteiger charge is 2.29. The Balaban J connectivity index is 4.97. The van der Waals surface area contributed by atoms with Crippen molar-refractivity contribution < 1.29 is 8.42 Å². The van der Waals surface area contributed by atoms with E-state index in [9.17, 15) is 8.42 Å². The maximum absolute atomic E-state index is 12.2. The fraction of sp³-hybridized carbons (Fsp3) is 0.900. The van der Waals surface area contributed by atoms with E-state index in [2.05, 4.69) is 0 Å². The van der Waals surface area contributed by atoms with Gasteiger partial charge in [-0.3, -0.25) is 0 Å². The quantitative estimate of drug-likeness (QED) is 0.679. The molecule has 0 aliphatic carbocycles. The van der Waals surface area contributed by atoms with Crippen LogP contribution < -0.4 is 0 Å². The summed E-state index contributed by atoms with van der Waals surface area (Å²) >= 11 is 0. The second kappa shape index (κ2) is 6.84. The van der Waals surface area contributed by atoms with Crippen molar-refractivity contribution in [3.05, 3.63) is 0 Å². The maximum atomic E-state index is 12.2. The van der Waals surface area contributed by atoms with E-state index < -0.39 is 10.2 Å². The molecule has 0 rings (SSSR count). The van der Waals surface area contributed by atoms with Gasteiger partial charge in [0.1, 0.15) is 0 Å². The van der Waals surface area contributed by atoms with E-state index in [4.69, 9.17) is 5.26 Å². The lowest BCUT2D eigenvalue weighted by Gasteiger charge is -2.30. The van der Waals surface area contributed by atoms with Gasteiger partial charge in [-0.2, -0.15) is 22.3 Å². The third kappa shape index (κ3) is 3.74. The Morgan fingerprint density at radius 3 is 2.06 bits per heavy atom. The number of nitrogens with zero attached hydrogens (tertiary/aromatic N) is 3. The zero-order valence-corrected chi connectivity index (χ0v) is 11.3. The van der Waals surface area contributed by atoms with Crippen LogP contribution in [0.1, 0.15) is 34.1 Å². The molecule has 6 heteroatoms. The molecule has 0 aromatic rings. The molecule has 0 amide bonds. The van der Waals surface area contributed by atoms with Gasteiger partial charge >= 0.3 is 0 Å². The van der Waals surface area contributed by atoms with E-state index in [1.165, 1.54) is 8.61 Å². The van der Waals surface area contributed by atoms with Gasteiger partial charge in [-0.15, -0.1) is 0 Å². The van der Waals surface area contributed by atoms with Crippen molar-refractivity contribution >= 4 is 10.2 Å². The predicted octanol–water partition coefficient (Wildman–Crippen LogP) is 1.20. The Bertz CT molecular complexity index is 328. The van der Waals surface area contributed by atoms with Crippen LogP contribution in [-0.4, -0.2) is 42.7 Å². The van der Waals surface area contributed by atoms with Gasteiger partial charge in [0, 0.05) is 32.1 Å². The van der Waals surface area contributed by atoms with Crippen LogP contribution in [0.5, 0.6) is 0 Å². The molecule has 0 saturated carbocycles. The average Bonchev–Trinajstić information content (AvgIpc) is 2.18. The third-order valence-electron chi connectivity index (χ3n) is 2.35. The normalized spacial score (nSPS) is 12.4. The molecule has 94 valence electrons. The molecule has 0 radical (unpaired) electrons. The zero-order chi connectivity index (χ0) is 12.8. The molecule has 0 bridgehead atoms. The van der Waals surface area contributed by atoms with Crippen LogP contribution >= 0.6 is 0 Å². The standard InChI is InChI=1S/C10H21N3O2S/c1-5-12(6-2)16(14,15)13(10(3)4)9-7-8-11/h10H,5-7,9H2,1-4H3. The summed E-state index contributed by atoms with van der Waals surface area (Å²) in [7, 11) is -3.42. The molecule has 5 nitrogen and oxygen atoms in total. The molecule has 16 heavy (non-hydrogen) atoms. The van der Waals surface area contributed by atoms with Gasteiger partial charge in [-0.25, -0.2) is 0 Å². The lowest BCUT2D eigenvalue weighted by molar-refractivity contribution is 0.315. The van der Waals surface area contributed by atoms with Crippen molar-refractivity contribution in [2.45, 2.75) is 40.2 Å². The molecule has 0 aromatic heterocycles. The Morgan fingerprint density at radius 1 is 1.25 bits per heavy atom. The first-order chi connectivity index (χ1) is 7.41. The largest absolute Gasteiger partial charge is 0.282 e. The molecule has 0 fully saturated rings. The van der Waals surface area contributed by atoms with Crippen molar-refractivity contribution in [2.75, 3.05) is 19.6 Å². The van der Waals surface area contributed by atoms with Gasteiger partial charge < -0.3 is 0 Å². The lowest BCUT2D eigenvalue weighted by atomic mass is 10.3. The molecule has 0 aliphatic heterocycles. The highest BCUT2D eigenvalue weighted by atomic mass is 32.2. The first-order valence-corrected chi connectivity index (χ1v) is 6.95. The minimum Gasteiger partial charge on any atom is -0.198 e. The van der Waals surface area contributed by atoms with E-state index in [0.717, 1.165) is 0 Å². The van der Waals surface area contributed by atoms with E-state index >= 15 is 0 Å². The molecular weight excluding hydrogens is 226 g/mol. The SMILES string of the molecule is CCN(CC)S(=O)(=O)N(CCC#N)C(C)C. The number of nitriles is 1. The van der Waals surface area contributed by atoms with Crippen LogP contribution in [0.4, 0.5) is 0 Å². The van der Waals surface area contributed by atoms with Gasteiger partial charge in [-0.05, 0) is 13.8 Å². The Morgan fingerprint density at radius 2 is 1.75 bits per heavy atom. The van der Waals surface area contributed by atoms with Gasteiger partial charge in [0.05, 0.1) is 6.07 Å². The minimum absolute atomic E-state index is 0.126. The fourth-order valence-corrected chi connectivity index (χ4v) is 3.30. The molecule has 0 N–H and O–H groups in total. The summed E-state index contributed by atoms with van der Waals surface area (Å²) in [5.41, 5.74) is 0. The smallest absolute Gasteiger partial charge is 0.198 e. The van der Waals surface area contributed by atoms with Crippen LogP contribution in [-0.2, 0) is 10.2 Å². The van der Waals surface area contributed by atoms with Crippen LogP contribution in [0, 0.1) is 11.3 Å². The monoisotopic (exact) mass is 247 g/mol. The predicted molar refractivity (Wildman–Crippen MR) is 63.9 cm³/mol. The third-order valence-corrected chi connectivity index (χ3v) is 4.71. The van der Waals surface area contributed by atoms with E-state index in [1.54, 1.807) is 0 Å². The molecule has 0 unspecified atom stereocenters. The van der Waals surface area contributed by atoms with E-state index in [1.807, 2.05) is 33.8 Å². The van der Waals surface area contributed by atoms with E-state index in [0.29, 0.717) is 13.1 Å². The molecule has 0 heterocycles. The van der Waals surface area contributed by atoms with Gasteiger partial charge in [0.15, 0.2) is 0 Å². The Kier molecular flexibility index (Phi) is 6.56. The Hall–Kier alpha value is -0.640. The summed E-state index contributed by atoms with van der Waals surface area (Å²) < 4.78 is 27.2. The first-order valence-electron chi connectivity index (χ1n) is 5.55. The molecule has 0 spiro atoms. The Labute approximate surface area is 98.8 Å². The van der Waals surface area contributed by atoms with Crippen molar-refractivity contribution in [3.8, 4) is 6.07 Å². The van der Waals surface area contributed by atoms with Gasteiger partial charge in [0.2, 0.25) is 0 Å². The molecule has 0 atom stereocenters. The van der Waals surface area contributed by atoms with Crippen LogP contribution in [0.15, 0.2) is 0 Å². The molecule has 0 aromatic carbocycles. The summed E-state index contributed by atoms with van der Waals surface area (Å²) in [6.45, 7) is 8.42. The average molecular weight is 247 g/mol. The number of hydrogen-bond acceptors (Lipinski definition) is 3. The van der Waals surface area contributed by atoms with Crippen LogP contribution in [0.25, 0.3) is 0 Å². The summed E-state index contributed by atoms with van der Waals surface area (Å²) in [4.78, 5) is 0. The summed E-state index contributed by atoms with van der Waals surface area (Å²) in [5.74, 6) is 0. The van der Waals surface area contributed by atoms with Crippen LogP contribution in [0.2, 0.25) is 0 Å². The minimum atomic E-state index is -3.42.